The molecule has 0 rings (SSSR count). The van der Waals surface area contributed by atoms with Gasteiger partial charge in [0.25, 0.3) is 0 Å². The molecule has 11 heavy (non-hydrogen) atoms. The van der Waals surface area contributed by atoms with Gasteiger partial charge in [0, 0.05) is 0 Å². The number of rotatable bonds is 7. The molecule has 2 N–H and O–H groups in total. The van der Waals surface area contributed by atoms with Crippen LogP contribution in [-0.4, -0.2) is 25.0 Å². The van der Waals surface area contributed by atoms with E-state index in [1.807, 2.05) is 0 Å². The highest BCUT2D eigenvalue weighted by atomic mass is 31.1. The van der Waals surface area contributed by atoms with Crippen molar-refractivity contribution in [3.63, 3.8) is 0 Å². The summed E-state index contributed by atoms with van der Waals surface area (Å²) in [7, 11) is 0.353. The molecule has 0 amide bonds. The van der Waals surface area contributed by atoms with Crippen molar-refractivity contribution >= 4 is 7.92 Å². The Labute approximate surface area is 72.5 Å². The zero-order valence-electron chi connectivity index (χ0n) is 7.97. The maximum Gasteiger partial charge on any atom is -0.00739 e. The van der Waals surface area contributed by atoms with Crippen molar-refractivity contribution in [3.8, 4) is 0 Å². The molecule has 0 atom stereocenters. The normalized spacial score (nSPS) is 10.9. The van der Waals surface area contributed by atoms with Gasteiger partial charge >= 0.3 is 0 Å². The predicted molar refractivity (Wildman–Crippen MR) is 55.8 cm³/mol. The van der Waals surface area contributed by atoms with Crippen molar-refractivity contribution in [1.82, 2.24) is 0 Å². The van der Waals surface area contributed by atoms with E-state index in [2.05, 4.69) is 13.8 Å². The van der Waals surface area contributed by atoms with Crippen LogP contribution in [-0.2, 0) is 0 Å². The summed E-state index contributed by atoms with van der Waals surface area (Å²) in [5.41, 5.74) is 5.48. The van der Waals surface area contributed by atoms with Gasteiger partial charge in [-0.15, -0.1) is 7.92 Å². The summed E-state index contributed by atoms with van der Waals surface area (Å²) >= 11 is 0. The van der Waals surface area contributed by atoms with Crippen LogP contribution in [0.15, 0.2) is 0 Å². The first-order valence-corrected chi connectivity index (χ1v) is 6.67. The second-order valence-electron chi connectivity index (χ2n) is 2.98. The molecule has 1 nitrogen and oxygen atoms in total. The van der Waals surface area contributed by atoms with E-state index in [-0.39, 0.29) is 0 Å². The van der Waals surface area contributed by atoms with Crippen LogP contribution in [0.2, 0.25) is 0 Å². The third-order valence-corrected chi connectivity index (χ3v) is 4.87. The van der Waals surface area contributed by atoms with Crippen LogP contribution in [0.4, 0.5) is 0 Å². The maximum atomic E-state index is 5.48. The highest BCUT2D eigenvalue weighted by Gasteiger charge is 2.03. The van der Waals surface area contributed by atoms with Crippen molar-refractivity contribution in [2.45, 2.75) is 33.1 Å². The molecule has 0 aromatic rings. The van der Waals surface area contributed by atoms with Gasteiger partial charge in [0.1, 0.15) is 0 Å². The Bertz CT molecular complexity index is 70.0. The molecule has 0 unspecified atom stereocenters. The van der Waals surface area contributed by atoms with E-state index >= 15 is 0 Å². The van der Waals surface area contributed by atoms with Crippen molar-refractivity contribution in [1.29, 1.82) is 0 Å². The molecule has 0 bridgehead atoms. The average molecular weight is 175 g/mol. The third-order valence-electron chi connectivity index (χ3n) is 1.76. The second-order valence-corrected chi connectivity index (χ2v) is 5.67. The molecule has 0 aliphatic heterocycles. The molecule has 0 aromatic carbocycles. The number of nitrogens with two attached hydrogens (primary N) is 1. The Balaban J connectivity index is 3.34. The minimum absolute atomic E-state index is 0.353. The van der Waals surface area contributed by atoms with Crippen LogP contribution in [0, 0.1) is 0 Å². The molecule has 68 valence electrons. The first kappa shape index (κ1) is 11.4. The van der Waals surface area contributed by atoms with Crippen molar-refractivity contribution < 1.29 is 0 Å². The Kier molecular flexibility index (Phi) is 8.79. The number of hydrogen-bond donors (Lipinski definition) is 1. The first-order chi connectivity index (χ1) is 5.35. The fourth-order valence-corrected chi connectivity index (χ4v) is 3.85. The molecule has 0 saturated heterocycles. The summed E-state index contributed by atoms with van der Waals surface area (Å²) < 4.78 is 0. The Morgan fingerprint density at radius 1 is 1.00 bits per heavy atom. The van der Waals surface area contributed by atoms with Gasteiger partial charge in [0.15, 0.2) is 0 Å². The SMILES string of the molecule is CCCP(CCC)CCCN. The monoisotopic (exact) mass is 175 g/mol. The standard InChI is InChI=1S/C9H22NP/c1-3-7-11(8-4-2)9-5-6-10/h3-10H2,1-2H3. The molecule has 0 saturated carbocycles. The largest absolute Gasteiger partial charge is 0.330 e. The Hall–Kier alpha value is 0.390. The zero-order valence-corrected chi connectivity index (χ0v) is 8.87. The minimum atomic E-state index is 0.353. The van der Waals surface area contributed by atoms with Crippen LogP contribution in [0.25, 0.3) is 0 Å². The molecule has 0 aromatic heterocycles. The topological polar surface area (TPSA) is 26.0 Å². The van der Waals surface area contributed by atoms with Gasteiger partial charge in [-0.25, -0.2) is 0 Å². The minimum Gasteiger partial charge on any atom is -0.330 e. The molecular formula is C9H22NP. The van der Waals surface area contributed by atoms with Gasteiger partial charge in [-0.2, -0.15) is 0 Å². The Morgan fingerprint density at radius 3 is 1.91 bits per heavy atom. The van der Waals surface area contributed by atoms with E-state index in [1.165, 1.54) is 37.7 Å². The highest BCUT2D eigenvalue weighted by Crippen LogP contribution is 2.37. The lowest BCUT2D eigenvalue weighted by molar-refractivity contribution is 0.926. The molecule has 0 aliphatic carbocycles. The highest BCUT2D eigenvalue weighted by molar-refractivity contribution is 7.57. The van der Waals surface area contributed by atoms with Gasteiger partial charge < -0.3 is 5.73 Å². The van der Waals surface area contributed by atoms with Crippen molar-refractivity contribution in [3.05, 3.63) is 0 Å². The fraction of sp³-hybridized carbons (Fsp3) is 1.00. The van der Waals surface area contributed by atoms with Gasteiger partial charge in [-0.05, 0) is 31.5 Å². The maximum absolute atomic E-state index is 5.48. The van der Waals surface area contributed by atoms with Crippen molar-refractivity contribution in [2.75, 3.05) is 25.0 Å². The summed E-state index contributed by atoms with van der Waals surface area (Å²) in [4.78, 5) is 0. The molecule has 0 heterocycles. The summed E-state index contributed by atoms with van der Waals surface area (Å²) in [6.07, 6.45) is 8.29. The lowest BCUT2D eigenvalue weighted by Gasteiger charge is -2.14. The van der Waals surface area contributed by atoms with Gasteiger partial charge in [0.05, 0.1) is 0 Å². The molecule has 0 fully saturated rings. The van der Waals surface area contributed by atoms with Crippen LogP contribution >= 0.6 is 7.92 Å². The van der Waals surface area contributed by atoms with Crippen LogP contribution in [0.1, 0.15) is 33.1 Å². The second kappa shape index (κ2) is 8.49. The van der Waals surface area contributed by atoms with E-state index in [1.54, 1.807) is 0 Å². The average Bonchev–Trinajstić information content (AvgIpc) is 2.01. The molecule has 2 heteroatoms. The lowest BCUT2D eigenvalue weighted by Crippen LogP contribution is -2.03. The quantitative estimate of drug-likeness (QED) is 0.591. The Morgan fingerprint density at radius 2 is 1.55 bits per heavy atom. The summed E-state index contributed by atoms with van der Waals surface area (Å²) in [6.45, 7) is 5.45. The molecule has 0 radical (unpaired) electrons. The smallest absolute Gasteiger partial charge is 0.00739 e. The number of hydrogen-bond acceptors (Lipinski definition) is 1. The fourth-order valence-electron chi connectivity index (χ4n) is 1.28. The van der Waals surface area contributed by atoms with E-state index < -0.39 is 0 Å². The van der Waals surface area contributed by atoms with Crippen LogP contribution < -0.4 is 5.73 Å². The van der Waals surface area contributed by atoms with E-state index in [0.29, 0.717) is 7.92 Å². The van der Waals surface area contributed by atoms with E-state index in [0.717, 1.165) is 6.54 Å². The first-order valence-electron chi connectivity index (χ1n) is 4.77. The summed E-state index contributed by atoms with van der Waals surface area (Å²) in [5.74, 6) is 0. The third kappa shape index (κ3) is 6.77. The van der Waals surface area contributed by atoms with E-state index in [9.17, 15) is 0 Å². The van der Waals surface area contributed by atoms with Gasteiger partial charge in [0.2, 0.25) is 0 Å². The molecular weight excluding hydrogens is 153 g/mol. The summed E-state index contributed by atoms with van der Waals surface area (Å²) in [5, 5.41) is 0. The van der Waals surface area contributed by atoms with Crippen LogP contribution in [0.5, 0.6) is 0 Å². The van der Waals surface area contributed by atoms with Gasteiger partial charge in [-0.3, -0.25) is 0 Å². The lowest BCUT2D eigenvalue weighted by atomic mass is 10.5. The van der Waals surface area contributed by atoms with Gasteiger partial charge in [-0.1, -0.05) is 26.7 Å². The molecule has 0 aliphatic rings. The van der Waals surface area contributed by atoms with Crippen molar-refractivity contribution in [2.24, 2.45) is 5.73 Å². The zero-order chi connectivity index (χ0) is 8.53. The molecule has 0 spiro atoms. The summed E-state index contributed by atoms with van der Waals surface area (Å²) in [6, 6.07) is 0. The van der Waals surface area contributed by atoms with E-state index in [4.69, 9.17) is 5.73 Å². The predicted octanol–water partition coefficient (Wildman–Crippen LogP) is 2.64. The van der Waals surface area contributed by atoms with Crippen LogP contribution in [0.3, 0.4) is 0 Å².